The van der Waals surface area contributed by atoms with Crippen molar-refractivity contribution in [3.05, 3.63) is 92.3 Å². The van der Waals surface area contributed by atoms with Crippen LogP contribution in [0.15, 0.2) is 59.9 Å². The Bertz CT molecular complexity index is 1160. The number of nitrogens with zero attached hydrogens (tertiary/aromatic N) is 2. The van der Waals surface area contributed by atoms with E-state index >= 15 is 0 Å². The summed E-state index contributed by atoms with van der Waals surface area (Å²) in [5.74, 6) is 1.11. The molecule has 2 aromatic carbocycles. The van der Waals surface area contributed by atoms with Gasteiger partial charge in [-0.05, 0) is 31.0 Å². The van der Waals surface area contributed by atoms with Crippen LogP contribution < -0.4 is 4.74 Å². The Hall–Kier alpha value is -2.56. The Morgan fingerprint density at radius 1 is 1.03 bits per heavy atom. The van der Waals surface area contributed by atoms with Crippen LogP contribution >= 0.6 is 23.2 Å². The molecule has 0 saturated heterocycles. The summed E-state index contributed by atoms with van der Waals surface area (Å²) in [6.07, 6.45) is 2.00. The van der Waals surface area contributed by atoms with E-state index in [9.17, 15) is 4.79 Å². The van der Waals surface area contributed by atoms with Gasteiger partial charge in [-0.1, -0.05) is 59.6 Å². The highest BCUT2D eigenvalue weighted by molar-refractivity contribution is 6.36. The van der Waals surface area contributed by atoms with Crippen molar-refractivity contribution in [2.45, 2.75) is 38.6 Å². The standard InChI is InChI=1S/C24H20Cl2N2O2/c1-14-20-23(21-16(25)9-5-10-17(21)26)22-18(29)11-6-12-19(22)30-24(20)28(27-14)13-15-7-3-2-4-8-15/h2-5,7-10,23H,6,11-13H2,1H3/t23-/m1/s1. The lowest BCUT2D eigenvalue weighted by Gasteiger charge is -2.32. The summed E-state index contributed by atoms with van der Waals surface area (Å²) in [5.41, 5.74) is 4.22. The number of Topliss-reactive ketones (excluding diaryl/α,β-unsaturated/α-hetero) is 1. The van der Waals surface area contributed by atoms with E-state index in [1.165, 1.54) is 0 Å². The first-order chi connectivity index (χ1) is 14.5. The van der Waals surface area contributed by atoms with Gasteiger partial charge in [-0.3, -0.25) is 4.79 Å². The van der Waals surface area contributed by atoms with Crippen LogP contribution in [0.4, 0.5) is 0 Å². The SMILES string of the molecule is Cc1nn(Cc2ccccc2)c2c1[C@H](c1c(Cl)cccc1Cl)C1=C(CCCC1=O)O2. The van der Waals surface area contributed by atoms with Crippen LogP contribution in [-0.2, 0) is 11.3 Å². The van der Waals surface area contributed by atoms with E-state index in [1.807, 2.05) is 48.0 Å². The van der Waals surface area contributed by atoms with Gasteiger partial charge in [0, 0.05) is 39.6 Å². The lowest BCUT2D eigenvalue weighted by atomic mass is 9.77. The monoisotopic (exact) mass is 438 g/mol. The number of benzene rings is 2. The fourth-order valence-corrected chi connectivity index (χ4v) is 5.09. The molecular formula is C24H20Cl2N2O2. The summed E-state index contributed by atoms with van der Waals surface area (Å²) in [6, 6.07) is 15.6. The highest BCUT2D eigenvalue weighted by Gasteiger charge is 2.41. The molecule has 0 unspecified atom stereocenters. The van der Waals surface area contributed by atoms with Crippen LogP contribution in [0.25, 0.3) is 0 Å². The molecule has 152 valence electrons. The van der Waals surface area contributed by atoms with Gasteiger partial charge in [0.25, 0.3) is 0 Å². The maximum atomic E-state index is 13.0. The molecule has 3 aromatic rings. The number of fused-ring (bicyclic) bond motifs is 1. The molecule has 2 aliphatic rings. The number of hydrogen-bond donors (Lipinski definition) is 0. The normalized spacial score (nSPS) is 18.1. The van der Waals surface area contributed by atoms with Crippen LogP contribution in [0.5, 0.6) is 5.88 Å². The first kappa shape index (κ1) is 19.4. The maximum absolute atomic E-state index is 13.0. The summed E-state index contributed by atoms with van der Waals surface area (Å²) in [7, 11) is 0. The lowest BCUT2D eigenvalue weighted by molar-refractivity contribution is -0.116. The van der Waals surface area contributed by atoms with Crippen LogP contribution in [0, 0.1) is 6.92 Å². The van der Waals surface area contributed by atoms with Crippen molar-refractivity contribution >= 4 is 29.0 Å². The van der Waals surface area contributed by atoms with Gasteiger partial charge in [0.1, 0.15) is 5.76 Å². The predicted molar refractivity (Wildman–Crippen MR) is 117 cm³/mol. The van der Waals surface area contributed by atoms with E-state index in [0.29, 0.717) is 46.6 Å². The number of ether oxygens (including phenoxy) is 1. The third-order valence-corrected chi connectivity index (χ3v) is 6.45. The highest BCUT2D eigenvalue weighted by atomic mass is 35.5. The van der Waals surface area contributed by atoms with Gasteiger partial charge in [0.2, 0.25) is 5.88 Å². The summed E-state index contributed by atoms with van der Waals surface area (Å²) < 4.78 is 8.21. The zero-order chi connectivity index (χ0) is 20.8. The van der Waals surface area contributed by atoms with Gasteiger partial charge in [-0.25, -0.2) is 4.68 Å². The Kier molecular flexibility index (Phi) is 4.92. The molecule has 0 bridgehead atoms. The molecular weight excluding hydrogens is 419 g/mol. The number of aromatic nitrogens is 2. The van der Waals surface area contributed by atoms with Crippen molar-refractivity contribution < 1.29 is 9.53 Å². The van der Waals surface area contributed by atoms with Crippen LogP contribution in [0.2, 0.25) is 10.0 Å². The first-order valence-corrected chi connectivity index (χ1v) is 10.8. The molecule has 1 aliphatic heterocycles. The fraction of sp³-hybridized carbons (Fsp3) is 0.250. The minimum absolute atomic E-state index is 0.0955. The van der Waals surface area contributed by atoms with Gasteiger partial charge in [-0.2, -0.15) is 5.10 Å². The predicted octanol–water partition coefficient (Wildman–Crippen LogP) is 6.08. The molecule has 1 atom stereocenters. The molecule has 30 heavy (non-hydrogen) atoms. The summed E-state index contributed by atoms with van der Waals surface area (Å²) >= 11 is 13.2. The maximum Gasteiger partial charge on any atom is 0.222 e. The van der Waals surface area contributed by atoms with Crippen molar-refractivity contribution in [1.82, 2.24) is 9.78 Å². The van der Waals surface area contributed by atoms with Crippen LogP contribution in [0.1, 0.15) is 47.6 Å². The van der Waals surface area contributed by atoms with E-state index < -0.39 is 0 Å². The van der Waals surface area contributed by atoms with Crippen molar-refractivity contribution in [2.75, 3.05) is 0 Å². The third-order valence-electron chi connectivity index (χ3n) is 5.79. The lowest BCUT2D eigenvalue weighted by Crippen LogP contribution is -2.26. The van der Waals surface area contributed by atoms with Crippen molar-refractivity contribution in [1.29, 1.82) is 0 Å². The second-order valence-corrected chi connectivity index (χ2v) is 8.55. The number of ketones is 1. The smallest absolute Gasteiger partial charge is 0.222 e. The van der Waals surface area contributed by atoms with E-state index in [0.717, 1.165) is 28.8 Å². The molecule has 0 fully saturated rings. The molecule has 1 aromatic heterocycles. The number of aryl methyl sites for hydroxylation is 1. The van der Waals surface area contributed by atoms with E-state index in [-0.39, 0.29) is 11.7 Å². The number of hydrogen-bond acceptors (Lipinski definition) is 3. The summed E-state index contributed by atoms with van der Waals surface area (Å²) in [6.45, 7) is 2.52. The largest absolute Gasteiger partial charge is 0.443 e. The molecule has 0 N–H and O–H groups in total. The minimum Gasteiger partial charge on any atom is -0.443 e. The van der Waals surface area contributed by atoms with Crippen LogP contribution in [-0.4, -0.2) is 15.6 Å². The average Bonchev–Trinajstić information content (AvgIpc) is 3.03. The van der Waals surface area contributed by atoms with Crippen molar-refractivity contribution in [2.24, 2.45) is 0 Å². The second kappa shape index (κ2) is 7.60. The number of halogens is 2. The summed E-state index contributed by atoms with van der Waals surface area (Å²) in [4.78, 5) is 13.0. The summed E-state index contributed by atoms with van der Waals surface area (Å²) in [5, 5.41) is 5.86. The molecule has 1 aliphatic carbocycles. The number of allylic oxidation sites excluding steroid dienone is 2. The van der Waals surface area contributed by atoms with Gasteiger partial charge in [-0.15, -0.1) is 0 Å². The van der Waals surface area contributed by atoms with Gasteiger partial charge < -0.3 is 4.74 Å². The Labute approximate surface area is 185 Å². The first-order valence-electron chi connectivity index (χ1n) is 10.0. The van der Waals surface area contributed by atoms with Crippen molar-refractivity contribution in [3.63, 3.8) is 0 Å². The molecule has 0 spiro atoms. The zero-order valence-corrected chi connectivity index (χ0v) is 18.0. The molecule has 5 rings (SSSR count). The van der Waals surface area contributed by atoms with Crippen molar-refractivity contribution in [3.8, 4) is 5.88 Å². The second-order valence-electron chi connectivity index (χ2n) is 7.73. The zero-order valence-electron chi connectivity index (χ0n) is 16.5. The number of carbonyl (C=O) groups excluding carboxylic acids is 1. The topological polar surface area (TPSA) is 44.1 Å². The van der Waals surface area contributed by atoms with Gasteiger partial charge in [0.05, 0.1) is 18.2 Å². The minimum atomic E-state index is -0.373. The number of rotatable bonds is 3. The van der Waals surface area contributed by atoms with E-state index in [4.69, 9.17) is 33.0 Å². The molecule has 0 amide bonds. The fourth-order valence-electron chi connectivity index (χ4n) is 4.48. The van der Waals surface area contributed by atoms with Crippen LogP contribution in [0.3, 0.4) is 0 Å². The molecule has 4 nitrogen and oxygen atoms in total. The molecule has 0 radical (unpaired) electrons. The van der Waals surface area contributed by atoms with Gasteiger partial charge >= 0.3 is 0 Å². The van der Waals surface area contributed by atoms with E-state index in [2.05, 4.69) is 12.1 Å². The number of carbonyl (C=O) groups is 1. The highest BCUT2D eigenvalue weighted by Crippen LogP contribution is 2.51. The average molecular weight is 439 g/mol. The van der Waals surface area contributed by atoms with E-state index in [1.54, 1.807) is 0 Å². The Morgan fingerprint density at radius 3 is 2.50 bits per heavy atom. The molecule has 2 heterocycles. The van der Waals surface area contributed by atoms with Gasteiger partial charge in [0.15, 0.2) is 5.78 Å². The third kappa shape index (κ3) is 3.15. The molecule has 6 heteroatoms. The quantitative estimate of drug-likeness (QED) is 0.497. The Balaban J connectivity index is 1.72. The Morgan fingerprint density at radius 2 is 1.77 bits per heavy atom. The molecule has 0 saturated carbocycles.